The van der Waals surface area contributed by atoms with Gasteiger partial charge in [-0.25, -0.2) is 18.1 Å². The minimum absolute atomic E-state index is 0.0213. The smallest absolute Gasteiger partial charge is 0.297 e. The van der Waals surface area contributed by atoms with E-state index >= 15 is 0 Å². The molecule has 0 spiro atoms. The van der Waals surface area contributed by atoms with E-state index in [2.05, 4.69) is 60.8 Å². The van der Waals surface area contributed by atoms with Crippen molar-refractivity contribution in [3.05, 3.63) is 135 Å². The van der Waals surface area contributed by atoms with E-state index in [9.17, 15) is 23.3 Å². The van der Waals surface area contributed by atoms with Crippen molar-refractivity contribution in [2.45, 2.75) is 50.5 Å². The summed E-state index contributed by atoms with van der Waals surface area (Å²) in [5.41, 5.74) is 5.84. The topological polar surface area (TPSA) is 194 Å². The number of sulfonamides is 1. The lowest BCUT2D eigenvalue weighted by Gasteiger charge is -2.39. The number of anilines is 2. The summed E-state index contributed by atoms with van der Waals surface area (Å²) in [6.45, 7) is 8.62. The number of nitro groups is 1. The summed E-state index contributed by atoms with van der Waals surface area (Å²) >= 11 is 6.25. The van der Waals surface area contributed by atoms with Gasteiger partial charge in [-0.05, 0) is 84.3 Å². The van der Waals surface area contributed by atoms with Crippen molar-refractivity contribution < 1.29 is 32.3 Å². The number of carbonyl (C=O) groups is 1. The number of rotatable bonds is 13. The Morgan fingerprint density at radius 2 is 1.79 bits per heavy atom. The van der Waals surface area contributed by atoms with Gasteiger partial charge >= 0.3 is 0 Å². The number of nitro benzene ring substituents is 1. The molecule has 342 valence electrons. The molecule has 6 aromatic rings. The maximum Gasteiger partial charge on any atom is 0.297 e. The molecular formula is C48H49ClN8O8S. The van der Waals surface area contributed by atoms with Gasteiger partial charge in [0.25, 0.3) is 21.6 Å². The molecule has 0 bridgehead atoms. The number of hydrogen-bond donors (Lipinski definition) is 3. The maximum atomic E-state index is 14.1. The number of hydrogen-bond acceptors (Lipinski definition) is 13. The van der Waals surface area contributed by atoms with Gasteiger partial charge in [0.1, 0.15) is 29.5 Å². The van der Waals surface area contributed by atoms with E-state index in [1.807, 2.05) is 18.2 Å². The van der Waals surface area contributed by atoms with Gasteiger partial charge in [0, 0.05) is 85.3 Å². The zero-order chi connectivity index (χ0) is 46.2. The van der Waals surface area contributed by atoms with Crippen molar-refractivity contribution in [1.29, 1.82) is 0 Å². The number of aromatic amines is 1. The molecule has 18 heteroatoms. The number of carbonyl (C=O) groups excluding carboxylic acids is 1. The van der Waals surface area contributed by atoms with Crippen LogP contribution in [0.15, 0.2) is 108 Å². The van der Waals surface area contributed by atoms with Crippen LogP contribution in [0.5, 0.6) is 23.0 Å². The third-order valence-electron chi connectivity index (χ3n) is 12.4. The fourth-order valence-corrected chi connectivity index (χ4v) is 9.93. The third-order valence-corrected chi connectivity index (χ3v) is 14.0. The number of methoxy groups -OCH3 is 1. The Labute approximate surface area is 387 Å². The van der Waals surface area contributed by atoms with Crippen LogP contribution in [0.25, 0.3) is 16.6 Å². The predicted molar refractivity (Wildman–Crippen MR) is 252 cm³/mol. The quantitative estimate of drug-likeness (QED) is 0.0737. The van der Waals surface area contributed by atoms with Crippen molar-refractivity contribution in [3.8, 4) is 23.0 Å². The Bertz CT molecular complexity index is 2950. The summed E-state index contributed by atoms with van der Waals surface area (Å²) in [6, 6.07) is 22.0. The number of halogens is 1. The Morgan fingerprint density at radius 1 is 1.00 bits per heavy atom. The van der Waals surface area contributed by atoms with Crippen molar-refractivity contribution in [2.24, 2.45) is 5.41 Å². The number of fused-ring (bicyclic) bond motifs is 2. The zero-order valence-electron chi connectivity index (χ0n) is 36.7. The van der Waals surface area contributed by atoms with E-state index in [0.29, 0.717) is 42.4 Å². The van der Waals surface area contributed by atoms with Crippen LogP contribution >= 0.6 is 11.6 Å². The highest BCUT2D eigenvalue weighted by atomic mass is 35.5. The number of nitrogens with one attached hydrogen (secondary N) is 3. The molecule has 2 aliphatic heterocycles. The van der Waals surface area contributed by atoms with Crippen molar-refractivity contribution in [3.63, 3.8) is 0 Å². The van der Waals surface area contributed by atoms with Gasteiger partial charge in [0.05, 0.1) is 40.9 Å². The number of ether oxygens (including phenoxy) is 3. The third kappa shape index (κ3) is 9.78. The van der Waals surface area contributed by atoms with Crippen LogP contribution < -0.4 is 29.1 Å². The molecular weight excluding hydrogens is 884 g/mol. The lowest BCUT2D eigenvalue weighted by Crippen LogP contribution is -2.47. The SMILES string of the molecule is COc1ccc(CC2COc3cc(S(=O)(=O)NC(=O)c4ccc(N5CCN(CC6=C(c7ccc(Cl)cc7)CC(C)(C)CC6)CC5)cc4Oc4cnc5[nH]ccc5c4)cc([N+](=O)[O-])c3N2)nc1. The average Bonchev–Trinajstić information content (AvgIpc) is 3.78. The molecule has 1 saturated heterocycles. The van der Waals surface area contributed by atoms with E-state index in [-0.39, 0.29) is 34.8 Å². The van der Waals surface area contributed by atoms with Gasteiger partial charge in [-0.15, -0.1) is 0 Å². The number of pyridine rings is 2. The second-order valence-electron chi connectivity index (χ2n) is 17.6. The van der Waals surface area contributed by atoms with E-state index in [4.69, 9.17) is 25.8 Å². The molecule has 3 aromatic carbocycles. The summed E-state index contributed by atoms with van der Waals surface area (Å²) in [5.74, 6) is -0.0218. The first kappa shape index (κ1) is 44.5. The fourth-order valence-electron chi connectivity index (χ4n) is 8.80. The predicted octanol–water partition coefficient (Wildman–Crippen LogP) is 8.64. The number of H-pyrrole nitrogens is 1. The second kappa shape index (κ2) is 18.3. The van der Waals surface area contributed by atoms with Crippen LogP contribution in [-0.4, -0.2) is 91.6 Å². The molecule has 0 saturated carbocycles. The average molecular weight is 933 g/mol. The highest BCUT2D eigenvalue weighted by molar-refractivity contribution is 7.90. The highest BCUT2D eigenvalue weighted by Gasteiger charge is 2.33. The molecule has 1 fully saturated rings. The van der Waals surface area contributed by atoms with Gasteiger partial charge in [-0.3, -0.25) is 24.8 Å². The van der Waals surface area contributed by atoms with Gasteiger partial charge in [0.15, 0.2) is 11.4 Å². The molecule has 16 nitrogen and oxygen atoms in total. The minimum Gasteiger partial charge on any atom is -0.495 e. The summed E-state index contributed by atoms with van der Waals surface area (Å²) < 4.78 is 47.4. The van der Waals surface area contributed by atoms with Crippen LogP contribution in [-0.2, 0) is 16.4 Å². The van der Waals surface area contributed by atoms with E-state index in [1.165, 1.54) is 36.1 Å². The summed E-state index contributed by atoms with van der Waals surface area (Å²) in [6.07, 6.45) is 8.37. The van der Waals surface area contributed by atoms with E-state index in [1.54, 1.807) is 42.7 Å². The van der Waals surface area contributed by atoms with Crippen molar-refractivity contribution in [1.82, 2.24) is 24.6 Å². The lowest BCUT2D eigenvalue weighted by atomic mass is 9.72. The minimum atomic E-state index is -4.69. The van der Waals surface area contributed by atoms with Crippen molar-refractivity contribution >= 4 is 61.2 Å². The number of benzene rings is 3. The monoisotopic (exact) mass is 932 g/mol. The number of allylic oxidation sites excluding steroid dienone is 1. The maximum absolute atomic E-state index is 14.1. The highest BCUT2D eigenvalue weighted by Crippen LogP contribution is 2.44. The molecule has 3 aliphatic rings. The molecule has 3 N–H and O–H groups in total. The van der Waals surface area contributed by atoms with Gasteiger partial charge < -0.3 is 29.4 Å². The number of amides is 1. The number of piperazine rings is 1. The summed E-state index contributed by atoms with van der Waals surface area (Å²) in [5, 5.41) is 17.0. The Hall–Kier alpha value is -6.69. The summed E-state index contributed by atoms with van der Waals surface area (Å²) in [7, 11) is -3.15. The molecule has 0 radical (unpaired) electrons. The Morgan fingerprint density at radius 3 is 2.53 bits per heavy atom. The fraction of sp³-hybridized carbons (Fsp3) is 0.312. The largest absolute Gasteiger partial charge is 0.495 e. The first-order valence-corrected chi connectivity index (χ1v) is 23.5. The second-order valence-corrected chi connectivity index (χ2v) is 19.7. The zero-order valence-corrected chi connectivity index (χ0v) is 38.2. The number of nitrogens with zero attached hydrogens (tertiary/aromatic N) is 5. The van der Waals surface area contributed by atoms with E-state index < -0.39 is 37.5 Å². The molecule has 3 aromatic heterocycles. The molecule has 66 heavy (non-hydrogen) atoms. The first-order valence-electron chi connectivity index (χ1n) is 21.7. The van der Waals surface area contributed by atoms with Gasteiger partial charge in [-0.2, -0.15) is 0 Å². The van der Waals surface area contributed by atoms with Gasteiger partial charge in [-0.1, -0.05) is 43.2 Å². The normalized spacial score (nSPS) is 17.4. The molecule has 1 atom stereocenters. The lowest BCUT2D eigenvalue weighted by molar-refractivity contribution is -0.384. The Balaban J connectivity index is 0.938. The van der Waals surface area contributed by atoms with Crippen LogP contribution in [0.4, 0.5) is 17.1 Å². The molecule has 1 unspecified atom stereocenters. The molecule has 5 heterocycles. The first-order chi connectivity index (χ1) is 31.7. The van der Waals surface area contributed by atoms with Crippen LogP contribution in [0.1, 0.15) is 54.7 Å². The van der Waals surface area contributed by atoms with Crippen LogP contribution in [0.3, 0.4) is 0 Å². The number of aromatic nitrogens is 3. The van der Waals surface area contributed by atoms with Gasteiger partial charge in [0.2, 0.25) is 0 Å². The molecule has 1 aliphatic carbocycles. The summed E-state index contributed by atoms with van der Waals surface area (Å²) in [4.78, 5) is 41.7. The van der Waals surface area contributed by atoms with Crippen molar-refractivity contribution in [2.75, 3.05) is 56.7 Å². The standard InChI is InChI=1S/C48H49ClN8O8S/c1-48(2)14-12-32(41(25-48)30-4-6-33(49)7-5-30)28-55-16-18-56(19-17-55)36-9-11-40(43(22-36)65-38-20-31-13-15-50-46(31)52-27-38)47(58)54-66(61,62)39-23-42(57(59)60)45-44(24-39)64-29-35(53-45)21-34-8-10-37(63-3)26-51-34/h4-11,13,15,20,22-24,26-27,35,53H,12,14,16-19,21,25,28-29H2,1-3H3,(H,50,52)(H,54,58). The molecule has 1 amide bonds. The van der Waals surface area contributed by atoms with E-state index in [0.717, 1.165) is 67.1 Å². The Kier molecular flexibility index (Phi) is 12.3. The van der Waals surface area contributed by atoms with Crippen LogP contribution in [0, 0.1) is 15.5 Å². The van der Waals surface area contributed by atoms with Crippen LogP contribution in [0.2, 0.25) is 5.02 Å². The molecule has 9 rings (SSSR count).